The van der Waals surface area contributed by atoms with Crippen molar-refractivity contribution in [2.75, 3.05) is 36.4 Å². The van der Waals surface area contributed by atoms with Crippen LogP contribution in [0.15, 0.2) is 66.9 Å². The van der Waals surface area contributed by atoms with E-state index in [1.165, 1.54) is 28.7 Å². The number of benzene rings is 3. The Labute approximate surface area is 326 Å². The fourth-order valence-electron chi connectivity index (χ4n) is 7.96. The summed E-state index contributed by atoms with van der Waals surface area (Å²) in [6.07, 6.45) is 1.36. The van der Waals surface area contributed by atoms with Crippen LogP contribution in [0.3, 0.4) is 0 Å². The average Bonchev–Trinajstić information content (AvgIpc) is 3.53. The Hall–Kier alpha value is -5.96. The molecule has 2 aliphatic rings. The smallest absolute Gasteiger partial charge is 0.329 e. The number of nitrogens with zero attached hydrogens (tertiary/aromatic N) is 7. The molecule has 5 heterocycles. The van der Waals surface area contributed by atoms with Crippen LogP contribution in [0.5, 0.6) is 0 Å². The van der Waals surface area contributed by atoms with Gasteiger partial charge in [-0.3, -0.25) is 24.7 Å². The Kier molecular flexibility index (Phi) is 10.3. The van der Waals surface area contributed by atoms with Crippen LogP contribution >= 0.6 is 0 Å². The summed E-state index contributed by atoms with van der Waals surface area (Å²) < 4.78 is 58.8. The highest BCUT2D eigenvalue weighted by Gasteiger charge is 2.29. The molecule has 2 N–H and O–H groups in total. The second-order valence-electron chi connectivity index (χ2n) is 14.8. The molecule has 1 atom stereocenters. The molecule has 3 aromatic carbocycles. The third-order valence-electron chi connectivity index (χ3n) is 11.2. The van der Waals surface area contributed by atoms with E-state index in [1.54, 1.807) is 30.8 Å². The number of amides is 3. The molecular weight excluding hydrogens is 739 g/mol. The highest BCUT2D eigenvalue weighted by atomic mass is 19.3. The number of likely N-dealkylation sites (tertiary alicyclic amines) is 1. The fourth-order valence-corrected chi connectivity index (χ4v) is 7.96. The summed E-state index contributed by atoms with van der Waals surface area (Å²) in [5.41, 5.74) is 4.06. The van der Waals surface area contributed by atoms with Gasteiger partial charge in [0.25, 0.3) is 6.43 Å². The van der Waals surface area contributed by atoms with Crippen LogP contribution in [0.25, 0.3) is 32.9 Å². The highest BCUT2D eigenvalue weighted by Crippen LogP contribution is 2.35. The summed E-state index contributed by atoms with van der Waals surface area (Å²) in [6.45, 7) is 6.16. The van der Waals surface area contributed by atoms with Crippen LogP contribution in [0, 0.1) is 18.6 Å². The summed E-state index contributed by atoms with van der Waals surface area (Å²) in [7, 11) is 1.85. The van der Waals surface area contributed by atoms with Crippen LogP contribution in [0.2, 0.25) is 0 Å². The van der Waals surface area contributed by atoms with Crippen molar-refractivity contribution in [2.24, 2.45) is 7.05 Å². The van der Waals surface area contributed by atoms with E-state index in [1.807, 2.05) is 25.2 Å². The lowest BCUT2D eigenvalue weighted by Crippen LogP contribution is -2.49. The van der Waals surface area contributed by atoms with Crippen molar-refractivity contribution in [3.8, 4) is 11.3 Å². The van der Waals surface area contributed by atoms with Gasteiger partial charge in [-0.05, 0) is 99.6 Å². The standard InChI is InChI=1S/C42H41F4N9O2/c1-23(29-5-4-6-31(38(29)44)39(45)46)48-40-32-21-35(47-22-33(32)24(2)50-51-40)28-8-10-34(43)27(19-28)13-17-54-15-11-25(12-16-54)26-7-9-30-36(20-26)53(3)52-41(30)55-18-14-37(56)49-42(55)57/h4-10,19-23,25,39H,11-18H2,1-3H3,(H,48,51)(H,49,56,57)/t23-/m1/s1. The largest absolute Gasteiger partial charge is 0.361 e. The second-order valence-corrected chi connectivity index (χ2v) is 14.8. The van der Waals surface area contributed by atoms with Gasteiger partial charge in [0.05, 0.1) is 28.5 Å². The minimum atomic E-state index is -2.94. The zero-order valence-corrected chi connectivity index (χ0v) is 31.7. The quantitative estimate of drug-likeness (QED) is 0.134. The number of imide groups is 1. The molecule has 294 valence electrons. The number of pyridine rings is 1. The predicted octanol–water partition coefficient (Wildman–Crippen LogP) is 8.14. The van der Waals surface area contributed by atoms with Crippen molar-refractivity contribution < 1.29 is 27.2 Å². The van der Waals surface area contributed by atoms with Crippen LogP contribution in [-0.2, 0) is 18.3 Å². The Morgan fingerprint density at radius 1 is 0.930 bits per heavy atom. The number of nitrogens with one attached hydrogen (secondary N) is 2. The molecule has 11 nitrogen and oxygen atoms in total. The van der Waals surface area contributed by atoms with Gasteiger partial charge in [0, 0.05) is 60.0 Å². The zero-order valence-electron chi connectivity index (χ0n) is 31.7. The maximum Gasteiger partial charge on any atom is 0.329 e. The number of hydrogen-bond donors (Lipinski definition) is 2. The number of anilines is 2. The molecule has 0 spiro atoms. The lowest BCUT2D eigenvalue weighted by Gasteiger charge is -2.32. The number of alkyl halides is 2. The normalized spacial score (nSPS) is 16.2. The van der Waals surface area contributed by atoms with Gasteiger partial charge in [-0.15, -0.1) is 5.10 Å². The van der Waals surface area contributed by atoms with Crippen LogP contribution in [0.4, 0.5) is 34.0 Å². The topological polar surface area (TPSA) is 121 Å². The van der Waals surface area contributed by atoms with Crippen molar-refractivity contribution in [2.45, 2.75) is 57.9 Å². The van der Waals surface area contributed by atoms with Crippen LogP contribution in [-0.4, -0.2) is 68.0 Å². The molecule has 3 aromatic heterocycles. The van der Waals surface area contributed by atoms with Gasteiger partial charge in [-0.1, -0.05) is 24.3 Å². The van der Waals surface area contributed by atoms with Gasteiger partial charge in [-0.25, -0.2) is 22.4 Å². The van der Waals surface area contributed by atoms with Crippen LogP contribution in [0.1, 0.15) is 72.5 Å². The van der Waals surface area contributed by atoms with Crippen LogP contribution < -0.4 is 15.5 Å². The molecule has 0 bridgehead atoms. The van der Waals surface area contributed by atoms with E-state index in [4.69, 9.17) is 0 Å². The van der Waals surface area contributed by atoms with Gasteiger partial charge in [-0.2, -0.15) is 10.2 Å². The van der Waals surface area contributed by atoms with E-state index >= 15 is 4.39 Å². The first-order valence-corrected chi connectivity index (χ1v) is 19.0. The summed E-state index contributed by atoms with van der Waals surface area (Å²) in [5.74, 6) is -0.319. The number of urea groups is 1. The van der Waals surface area contributed by atoms with Gasteiger partial charge >= 0.3 is 6.03 Å². The minimum absolute atomic E-state index is 0.0804. The number of halogens is 4. The third kappa shape index (κ3) is 7.51. The number of piperidine rings is 1. The first-order chi connectivity index (χ1) is 27.4. The predicted molar refractivity (Wildman–Crippen MR) is 209 cm³/mol. The lowest BCUT2D eigenvalue weighted by atomic mass is 9.89. The molecule has 8 rings (SSSR count). The number of carbonyl (C=O) groups is 2. The maximum absolute atomic E-state index is 15.2. The fraction of sp³-hybridized carbons (Fsp3) is 0.333. The molecular formula is C42H41F4N9O2. The molecule has 2 aliphatic heterocycles. The number of rotatable bonds is 10. The van der Waals surface area contributed by atoms with Gasteiger partial charge in [0.1, 0.15) is 11.6 Å². The Morgan fingerprint density at radius 2 is 1.72 bits per heavy atom. The maximum atomic E-state index is 15.2. The van der Waals surface area contributed by atoms with Gasteiger partial charge in [0.15, 0.2) is 11.6 Å². The average molecular weight is 780 g/mol. The van der Waals surface area contributed by atoms with Gasteiger partial charge < -0.3 is 10.2 Å². The SMILES string of the molecule is Cc1nnc(N[C@H](C)c2cccc(C(F)F)c2F)c2cc(-c3ccc(F)c(CCN4CCC(c5ccc6c(N7CCC(=O)NC7=O)nn(C)c6c5)CC4)c3)ncc12. The first kappa shape index (κ1) is 37.9. The first-order valence-electron chi connectivity index (χ1n) is 19.0. The monoisotopic (exact) mass is 779 g/mol. The number of aryl methyl sites for hydroxylation is 2. The number of carbonyl (C=O) groups excluding carboxylic acids is 2. The second kappa shape index (κ2) is 15.5. The van der Waals surface area contributed by atoms with Crippen molar-refractivity contribution in [3.05, 3.63) is 106 Å². The van der Waals surface area contributed by atoms with Crippen molar-refractivity contribution >= 4 is 45.2 Å². The molecule has 57 heavy (non-hydrogen) atoms. The summed E-state index contributed by atoms with van der Waals surface area (Å²) in [5, 5.41) is 20.9. The van der Waals surface area contributed by atoms with Crippen molar-refractivity contribution in [1.29, 1.82) is 0 Å². The molecule has 0 aliphatic carbocycles. The molecule has 6 aromatic rings. The molecule has 2 fully saturated rings. The molecule has 0 unspecified atom stereocenters. The zero-order chi connectivity index (χ0) is 40.0. The molecule has 3 amide bonds. The number of fused-ring (bicyclic) bond motifs is 2. The Morgan fingerprint density at radius 3 is 2.49 bits per heavy atom. The molecule has 0 radical (unpaired) electrons. The molecule has 2 saturated heterocycles. The summed E-state index contributed by atoms with van der Waals surface area (Å²) in [4.78, 5) is 32.7. The van der Waals surface area contributed by atoms with E-state index in [9.17, 15) is 22.8 Å². The number of aromatic nitrogens is 5. The van der Waals surface area contributed by atoms with E-state index in [0.29, 0.717) is 58.2 Å². The van der Waals surface area contributed by atoms with E-state index in [-0.39, 0.29) is 30.3 Å². The van der Waals surface area contributed by atoms with E-state index in [2.05, 4.69) is 47.9 Å². The Bertz CT molecular complexity index is 2520. The lowest BCUT2D eigenvalue weighted by molar-refractivity contribution is -0.120. The van der Waals surface area contributed by atoms with Crippen molar-refractivity contribution in [3.63, 3.8) is 0 Å². The minimum Gasteiger partial charge on any atom is -0.361 e. The van der Waals surface area contributed by atoms with E-state index in [0.717, 1.165) is 48.5 Å². The highest BCUT2D eigenvalue weighted by molar-refractivity contribution is 6.08. The number of hydrogen-bond acceptors (Lipinski definition) is 8. The third-order valence-corrected chi connectivity index (χ3v) is 11.2. The van der Waals surface area contributed by atoms with E-state index < -0.39 is 29.9 Å². The Balaban J connectivity index is 0.938. The van der Waals surface area contributed by atoms with Crippen molar-refractivity contribution in [1.82, 2.24) is 35.2 Å². The molecule has 15 heteroatoms. The summed E-state index contributed by atoms with van der Waals surface area (Å²) >= 11 is 0. The summed E-state index contributed by atoms with van der Waals surface area (Å²) in [6, 6.07) is 15.8. The molecule has 0 saturated carbocycles. The van der Waals surface area contributed by atoms with Gasteiger partial charge in [0.2, 0.25) is 5.91 Å².